The Balaban J connectivity index is 1.51. The molecule has 3 heterocycles. The first-order chi connectivity index (χ1) is 16.2. The summed E-state index contributed by atoms with van der Waals surface area (Å²) in [6.45, 7) is 5.44. The third-order valence-electron chi connectivity index (χ3n) is 5.79. The molecule has 6 nitrogen and oxygen atoms in total. The van der Waals surface area contributed by atoms with Crippen molar-refractivity contribution in [2.24, 2.45) is 4.99 Å². The summed E-state index contributed by atoms with van der Waals surface area (Å²) in [7, 11) is 0. The molecule has 0 bridgehead atoms. The van der Waals surface area contributed by atoms with Gasteiger partial charge < -0.3 is 18.8 Å². The number of aromatic nitrogens is 1. The van der Waals surface area contributed by atoms with Crippen LogP contribution in [0.15, 0.2) is 78.3 Å². The summed E-state index contributed by atoms with van der Waals surface area (Å²) < 4.78 is 20.5. The van der Waals surface area contributed by atoms with E-state index in [1.54, 1.807) is 6.08 Å². The first kappa shape index (κ1) is 19.8. The zero-order valence-electron chi connectivity index (χ0n) is 17.7. The van der Waals surface area contributed by atoms with Crippen LogP contribution in [-0.4, -0.2) is 23.7 Å². The van der Waals surface area contributed by atoms with Crippen molar-refractivity contribution >= 4 is 27.5 Å². The van der Waals surface area contributed by atoms with Gasteiger partial charge in [-0.05, 0) is 12.1 Å². The molecule has 0 unspecified atom stereocenters. The molecule has 0 aliphatic carbocycles. The Labute approximate surface area is 194 Å². The van der Waals surface area contributed by atoms with Crippen LogP contribution in [0.1, 0.15) is 17.0 Å². The van der Waals surface area contributed by atoms with Gasteiger partial charge in [-0.1, -0.05) is 53.8 Å². The van der Waals surface area contributed by atoms with E-state index in [1.807, 2.05) is 65.2 Å². The number of ether oxygens (including phenoxy) is 3. The molecule has 0 spiro atoms. The SMILES string of the molecule is C=CCn1c(=NC(=O)C2c3ccccc3Oc3ccccc32)sc2cc3c(cc21)OCCO3. The van der Waals surface area contributed by atoms with Crippen LogP contribution in [0.5, 0.6) is 23.0 Å². The average molecular weight is 457 g/mol. The fourth-order valence-electron chi connectivity index (χ4n) is 4.33. The molecule has 2 aliphatic heterocycles. The summed E-state index contributed by atoms with van der Waals surface area (Å²) in [5.41, 5.74) is 2.57. The Bertz CT molecular complexity index is 1440. The average Bonchev–Trinajstić information content (AvgIpc) is 3.16. The van der Waals surface area contributed by atoms with Gasteiger partial charge in [-0.25, -0.2) is 0 Å². The number of nitrogens with zero attached hydrogens (tertiary/aromatic N) is 2. The number of allylic oxidation sites excluding steroid dienone is 1. The lowest BCUT2D eigenvalue weighted by atomic mass is 9.87. The number of rotatable bonds is 3. The van der Waals surface area contributed by atoms with Gasteiger partial charge in [-0.15, -0.1) is 6.58 Å². The second-order valence-corrected chi connectivity index (χ2v) is 8.82. The van der Waals surface area contributed by atoms with E-state index in [0.29, 0.717) is 47.6 Å². The molecular formula is C26H20N2O4S. The van der Waals surface area contributed by atoms with Gasteiger partial charge in [-0.3, -0.25) is 4.79 Å². The first-order valence-corrected chi connectivity index (χ1v) is 11.5. The molecule has 0 N–H and O–H groups in total. The topological polar surface area (TPSA) is 62.1 Å². The third-order valence-corrected chi connectivity index (χ3v) is 6.83. The molecule has 0 saturated carbocycles. The summed E-state index contributed by atoms with van der Waals surface area (Å²) >= 11 is 1.45. The fourth-order valence-corrected chi connectivity index (χ4v) is 5.39. The summed E-state index contributed by atoms with van der Waals surface area (Å²) in [5, 5.41) is 0. The predicted octanol–water partition coefficient (Wildman–Crippen LogP) is 5.03. The largest absolute Gasteiger partial charge is 0.486 e. The molecule has 33 heavy (non-hydrogen) atoms. The van der Waals surface area contributed by atoms with E-state index >= 15 is 0 Å². The first-order valence-electron chi connectivity index (χ1n) is 10.7. The number of fused-ring (bicyclic) bond motifs is 4. The Morgan fingerprint density at radius 1 is 1.00 bits per heavy atom. The van der Waals surface area contributed by atoms with E-state index in [0.717, 1.165) is 21.3 Å². The molecule has 3 aromatic carbocycles. The number of carbonyl (C=O) groups excluding carboxylic acids is 1. The second kappa shape index (κ2) is 7.94. The number of hydrogen-bond donors (Lipinski definition) is 0. The van der Waals surface area contributed by atoms with Crippen LogP contribution < -0.4 is 19.0 Å². The minimum Gasteiger partial charge on any atom is -0.486 e. The standard InChI is InChI=1S/C26H20N2O4S/c1-2-11-28-18-14-21-22(31-13-12-30-21)15-23(18)33-26(28)27-25(29)24-16-7-3-5-9-19(16)32-20-10-6-4-8-17(20)24/h2-10,14-15,24H,1,11-13H2. The maximum Gasteiger partial charge on any atom is 0.260 e. The monoisotopic (exact) mass is 456 g/mol. The highest BCUT2D eigenvalue weighted by atomic mass is 32.1. The number of carbonyl (C=O) groups is 1. The van der Waals surface area contributed by atoms with E-state index in [9.17, 15) is 4.79 Å². The van der Waals surface area contributed by atoms with Crippen molar-refractivity contribution < 1.29 is 19.0 Å². The van der Waals surface area contributed by atoms with Gasteiger partial charge in [0.1, 0.15) is 24.7 Å². The van der Waals surface area contributed by atoms with Gasteiger partial charge in [0.2, 0.25) is 0 Å². The Morgan fingerprint density at radius 2 is 1.64 bits per heavy atom. The number of para-hydroxylation sites is 2. The van der Waals surface area contributed by atoms with Crippen molar-refractivity contribution in [3.63, 3.8) is 0 Å². The van der Waals surface area contributed by atoms with Gasteiger partial charge in [0.15, 0.2) is 16.3 Å². The molecule has 6 rings (SSSR count). The van der Waals surface area contributed by atoms with Crippen molar-refractivity contribution in [2.75, 3.05) is 13.2 Å². The lowest BCUT2D eigenvalue weighted by Gasteiger charge is -2.25. The van der Waals surface area contributed by atoms with E-state index in [1.165, 1.54) is 11.3 Å². The zero-order valence-corrected chi connectivity index (χ0v) is 18.5. The smallest absolute Gasteiger partial charge is 0.260 e. The second-order valence-electron chi connectivity index (χ2n) is 7.81. The van der Waals surface area contributed by atoms with Crippen molar-refractivity contribution in [2.45, 2.75) is 12.5 Å². The summed E-state index contributed by atoms with van der Waals surface area (Å²) in [5.74, 6) is 2.01. The third kappa shape index (κ3) is 3.32. The van der Waals surface area contributed by atoms with Crippen molar-refractivity contribution in [3.8, 4) is 23.0 Å². The van der Waals surface area contributed by atoms with Gasteiger partial charge in [-0.2, -0.15) is 4.99 Å². The predicted molar refractivity (Wildman–Crippen MR) is 126 cm³/mol. The quantitative estimate of drug-likeness (QED) is 0.406. The van der Waals surface area contributed by atoms with Crippen LogP contribution in [0.25, 0.3) is 10.2 Å². The fraction of sp³-hybridized carbons (Fsp3) is 0.154. The van der Waals surface area contributed by atoms with Gasteiger partial charge in [0.25, 0.3) is 5.91 Å². The summed E-state index contributed by atoms with van der Waals surface area (Å²) in [6.07, 6.45) is 1.80. The highest BCUT2D eigenvalue weighted by Gasteiger charge is 2.32. The van der Waals surface area contributed by atoms with E-state index in [4.69, 9.17) is 14.2 Å². The van der Waals surface area contributed by atoms with Crippen LogP contribution in [-0.2, 0) is 11.3 Å². The highest BCUT2D eigenvalue weighted by Crippen LogP contribution is 2.44. The normalized spacial score (nSPS) is 15.0. The minimum atomic E-state index is -0.534. The Hall–Kier alpha value is -3.84. The minimum absolute atomic E-state index is 0.236. The van der Waals surface area contributed by atoms with Gasteiger partial charge in [0, 0.05) is 29.8 Å². The number of amides is 1. The van der Waals surface area contributed by atoms with Crippen LogP contribution in [0, 0.1) is 0 Å². The Morgan fingerprint density at radius 3 is 2.30 bits per heavy atom. The lowest BCUT2D eigenvalue weighted by Crippen LogP contribution is -2.22. The van der Waals surface area contributed by atoms with Gasteiger partial charge >= 0.3 is 0 Å². The van der Waals surface area contributed by atoms with Crippen molar-refractivity contribution in [1.82, 2.24) is 4.57 Å². The molecule has 0 saturated heterocycles. The van der Waals surface area contributed by atoms with Crippen molar-refractivity contribution in [1.29, 1.82) is 0 Å². The summed E-state index contributed by atoms with van der Waals surface area (Å²) in [4.78, 5) is 18.9. The molecule has 0 atom stereocenters. The zero-order chi connectivity index (χ0) is 22.4. The van der Waals surface area contributed by atoms with E-state index in [2.05, 4.69) is 11.6 Å². The number of hydrogen-bond acceptors (Lipinski definition) is 5. The molecule has 0 radical (unpaired) electrons. The molecule has 1 amide bonds. The molecule has 1 aromatic heterocycles. The van der Waals surface area contributed by atoms with Crippen LogP contribution in [0.2, 0.25) is 0 Å². The maximum atomic E-state index is 13.7. The van der Waals surface area contributed by atoms with Crippen LogP contribution in [0.4, 0.5) is 0 Å². The molecule has 7 heteroatoms. The molecular weight excluding hydrogens is 436 g/mol. The number of thiazole rings is 1. The van der Waals surface area contributed by atoms with Crippen LogP contribution >= 0.6 is 11.3 Å². The molecule has 2 aliphatic rings. The Kier molecular flexibility index (Phi) is 4.77. The number of benzene rings is 3. The van der Waals surface area contributed by atoms with E-state index < -0.39 is 5.92 Å². The highest BCUT2D eigenvalue weighted by molar-refractivity contribution is 7.16. The van der Waals surface area contributed by atoms with Crippen LogP contribution in [0.3, 0.4) is 0 Å². The molecule has 4 aromatic rings. The maximum absolute atomic E-state index is 13.7. The molecule has 164 valence electrons. The summed E-state index contributed by atoms with van der Waals surface area (Å²) in [6, 6.07) is 19.2. The lowest BCUT2D eigenvalue weighted by molar-refractivity contribution is -0.118. The van der Waals surface area contributed by atoms with Crippen molar-refractivity contribution in [3.05, 3.63) is 89.2 Å². The van der Waals surface area contributed by atoms with Gasteiger partial charge in [0.05, 0.1) is 16.1 Å². The molecule has 0 fully saturated rings. The van der Waals surface area contributed by atoms with E-state index in [-0.39, 0.29) is 5.91 Å².